The summed E-state index contributed by atoms with van der Waals surface area (Å²) in [6, 6.07) is 15.9. The minimum absolute atomic E-state index is 0.647. The summed E-state index contributed by atoms with van der Waals surface area (Å²) in [4.78, 5) is 9.50. The van der Waals surface area contributed by atoms with Gasteiger partial charge in [-0.2, -0.15) is 5.10 Å². The second kappa shape index (κ2) is 12.1. The lowest BCUT2D eigenvalue weighted by atomic mass is 10.1. The molecule has 0 spiro atoms. The molecule has 30 heavy (non-hydrogen) atoms. The van der Waals surface area contributed by atoms with Gasteiger partial charge in [-0.05, 0) is 56.2 Å². The van der Waals surface area contributed by atoms with Crippen molar-refractivity contribution in [1.82, 2.24) is 10.4 Å². The fourth-order valence-corrected chi connectivity index (χ4v) is 3.92. The van der Waals surface area contributed by atoms with Crippen LogP contribution in [0.2, 0.25) is 0 Å². The monoisotopic (exact) mass is 422 g/mol. The molecular weight excluding hydrogens is 392 g/mol. The van der Waals surface area contributed by atoms with Crippen LogP contribution in [0.1, 0.15) is 57.4 Å². The Hall–Kier alpha value is -2.73. The second-order valence-electron chi connectivity index (χ2n) is 7.00. The van der Waals surface area contributed by atoms with Gasteiger partial charge in [-0.25, -0.2) is 9.98 Å². The number of rotatable bonds is 11. The van der Waals surface area contributed by atoms with Gasteiger partial charge in [0.1, 0.15) is 5.75 Å². The maximum absolute atomic E-state index is 5.52. The van der Waals surface area contributed by atoms with Crippen molar-refractivity contribution in [3.8, 4) is 5.75 Å². The molecule has 0 aliphatic heterocycles. The maximum Gasteiger partial charge on any atom is 0.183 e. The van der Waals surface area contributed by atoms with Gasteiger partial charge in [0.05, 0.1) is 22.5 Å². The molecule has 0 aliphatic rings. The highest BCUT2D eigenvalue weighted by Gasteiger charge is 2.10. The number of amidine groups is 1. The molecule has 158 valence electrons. The van der Waals surface area contributed by atoms with Crippen molar-refractivity contribution in [2.24, 2.45) is 10.1 Å². The Bertz CT molecular complexity index is 930. The van der Waals surface area contributed by atoms with Crippen molar-refractivity contribution in [2.75, 3.05) is 6.61 Å². The van der Waals surface area contributed by atoms with Gasteiger partial charge in [-0.15, -0.1) is 11.3 Å². The average molecular weight is 423 g/mol. The molecule has 0 unspecified atom stereocenters. The molecule has 1 N–H and O–H groups in total. The topological polar surface area (TPSA) is 58.9 Å². The number of hydrazone groups is 1. The molecule has 0 amide bonds. The standard InChI is InChI=1S/C24H30N4OS/c1-3-5-6-7-8-11-18-25-28-23(24-27-21-12-9-10-13-22(21)30-24)26-19-14-16-20(17-15-19)29-4-2/h9-10,12-18H,3-8,11H2,1-2H3,(H,26,28). The molecular formula is C24H30N4OS. The fraction of sp³-hybridized carbons (Fsp3) is 0.375. The second-order valence-corrected chi connectivity index (χ2v) is 8.03. The van der Waals surface area contributed by atoms with Gasteiger partial charge >= 0.3 is 0 Å². The van der Waals surface area contributed by atoms with E-state index in [0.29, 0.717) is 12.4 Å². The van der Waals surface area contributed by atoms with Crippen LogP contribution >= 0.6 is 11.3 Å². The van der Waals surface area contributed by atoms with Crippen LogP contribution in [0.15, 0.2) is 58.6 Å². The minimum Gasteiger partial charge on any atom is -0.494 e. The van der Waals surface area contributed by atoms with Crippen LogP contribution in [0.3, 0.4) is 0 Å². The summed E-state index contributed by atoms with van der Waals surface area (Å²) in [5.41, 5.74) is 4.92. The van der Waals surface area contributed by atoms with E-state index in [1.54, 1.807) is 11.3 Å². The molecule has 1 heterocycles. The van der Waals surface area contributed by atoms with E-state index in [1.165, 1.54) is 25.7 Å². The lowest BCUT2D eigenvalue weighted by Crippen LogP contribution is -2.18. The summed E-state index contributed by atoms with van der Waals surface area (Å²) >= 11 is 1.61. The van der Waals surface area contributed by atoms with Crippen LogP contribution in [0, 0.1) is 0 Å². The third-order valence-electron chi connectivity index (χ3n) is 4.58. The van der Waals surface area contributed by atoms with Gasteiger partial charge in [0, 0.05) is 6.21 Å². The Labute approximate surface area is 182 Å². The van der Waals surface area contributed by atoms with E-state index in [-0.39, 0.29) is 0 Å². The molecule has 2 aromatic carbocycles. The summed E-state index contributed by atoms with van der Waals surface area (Å²) < 4.78 is 6.65. The molecule has 0 saturated heterocycles. The number of hydrogen-bond acceptors (Lipinski definition) is 5. The van der Waals surface area contributed by atoms with Crippen LogP contribution in [0.25, 0.3) is 10.2 Å². The van der Waals surface area contributed by atoms with Gasteiger partial charge in [0.25, 0.3) is 0 Å². The van der Waals surface area contributed by atoms with Crippen molar-refractivity contribution in [3.05, 3.63) is 53.5 Å². The minimum atomic E-state index is 0.647. The highest BCUT2D eigenvalue weighted by Crippen LogP contribution is 2.24. The Morgan fingerprint density at radius 2 is 1.83 bits per heavy atom. The number of para-hydroxylation sites is 1. The number of aromatic nitrogens is 1. The maximum atomic E-state index is 5.52. The molecule has 1 aromatic heterocycles. The van der Waals surface area contributed by atoms with Crippen LogP contribution in [-0.2, 0) is 0 Å². The Balaban J connectivity index is 1.73. The van der Waals surface area contributed by atoms with Crippen molar-refractivity contribution < 1.29 is 4.74 Å². The zero-order valence-corrected chi connectivity index (χ0v) is 18.6. The van der Waals surface area contributed by atoms with Gasteiger partial charge in [-0.1, -0.05) is 44.7 Å². The lowest BCUT2D eigenvalue weighted by molar-refractivity contribution is 0.340. The third kappa shape index (κ3) is 6.66. The predicted octanol–water partition coefficient (Wildman–Crippen LogP) is 6.71. The van der Waals surface area contributed by atoms with Crippen molar-refractivity contribution >= 4 is 39.3 Å². The molecule has 0 aliphatic carbocycles. The first-order chi connectivity index (χ1) is 14.8. The quantitative estimate of drug-likeness (QED) is 0.162. The number of benzene rings is 2. The van der Waals surface area contributed by atoms with Gasteiger partial charge in [0.15, 0.2) is 10.8 Å². The molecule has 3 aromatic rings. The van der Waals surface area contributed by atoms with E-state index >= 15 is 0 Å². The van der Waals surface area contributed by atoms with Crippen molar-refractivity contribution in [1.29, 1.82) is 0 Å². The smallest absolute Gasteiger partial charge is 0.183 e. The van der Waals surface area contributed by atoms with Gasteiger partial charge in [-0.3, -0.25) is 5.43 Å². The van der Waals surface area contributed by atoms with Crippen molar-refractivity contribution in [2.45, 2.75) is 52.4 Å². The molecule has 0 radical (unpaired) electrons. The van der Waals surface area contributed by atoms with Crippen LogP contribution in [0.5, 0.6) is 5.75 Å². The van der Waals surface area contributed by atoms with Crippen molar-refractivity contribution in [3.63, 3.8) is 0 Å². The molecule has 0 atom stereocenters. The normalized spacial score (nSPS) is 12.0. The number of nitrogens with one attached hydrogen (secondary N) is 1. The number of fused-ring (bicyclic) bond motifs is 1. The van der Waals surface area contributed by atoms with E-state index in [1.807, 2.05) is 55.6 Å². The Kier molecular flexibility index (Phi) is 8.84. The first kappa shape index (κ1) is 22.0. The zero-order chi connectivity index (χ0) is 21.0. The largest absolute Gasteiger partial charge is 0.494 e. The van der Waals surface area contributed by atoms with E-state index in [4.69, 9.17) is 14.7 Å². The molecule has 0 fully saturated rings. The Morgan fingerprint density at radius 1 is 1.03 bits per heavy atom. The predicted molar refractivity (Wildman–Crippen MR) is 128 cm³/mol. The van der Waals surface area contributed by atoms with E-state index in [9.17, 15) is 0 Å². The number of ether oxygens (including phenoxy) is 1. The number of unbranched alkanes of at least 4 members (excludes halogenated alkanes) is 5. The van der Waals surface area contributed by atoms with E-state index < -0.39 is 0 Å². The van der Waals surface area contributed by atoms with Gasteiger partial charge in [0.2, 0.25) is 0 Å². The molecule has 0 saturated carbocycles. The summed E-state index contributed by atoms with van der Waals surface area (Å²) in [6.45, 7) is 4.86. The lowest BCUT2D eigenvalue weighted by Gasteiger charge is -2.05. The molecule has 6 heteroatoms. The highest BCUT2D eigenvalue weighted by molar-refractivity contribution is 7.20. The Morgan fingerprint density at radius 3 is 2.60 bits per heavy atom. The summed E-state index contributed by atoms with van der Waals surface area (Å²) in [5.74, 6) is 1.50. The number of hydrogen-bond donors (Lipinski definition) is 1. The SMILES string of the molecule is CCCCCCCC=NNC(=Nc1ccc(OCC)cc1)c1nc2ccccc2s1. The first-order valence-electron chi connectivity index (χ1n) is 10.7. The number of nitrogens with zero attached hydrogens (tertiary/aromatic N) is 3. The number of aliphatic imine (C=N–C) groups is 1. The van der Waals surface area contributed by atoms with E-state index in [0.717, 1.165) is 39.5 Å². The molecule has 3 rings (SSSR count). The molecule has 5 nitrogen and oxygen atoms in total. The summed E-state index contributed by atoms with van der Waals surface area (Å²) in [7, 11) is 0. The van der Waals surface area contributed by atoms with Crippen LogP contribution in [0.4, 0.5) is 5.69 Å². The number of thiazole rings is 1. The van der Waals surface area contributed by atoms with Crippen LogP contribution in [-0.4, -0.2) is 23.6 Å². The first-order valence-corrected chi connectivity index (χ1v) is 11.6. The van der Waals surface area contributed by atoms with Crippen LogP contribution < -0.4 is 10.2 Å². The highest BCUT2D eigenvalue weighted by atomic mass is 32.1. The zero-order valence-electron chi connectivity index (χ0n) is 17.8. The van der Waals surface area contributed by atoms with E-state index in [2.05, 4.69) is 23.5 Å². The van der Waals surface area contributed by atoms with Gasteiger partial charge < -0.3 is 4.74 Å². The third-order valence-corrected chi connectivity index (χ3v) is 5.63. The molecule has 0 bridgehead atoms. The fourth-order valence-electron chi connectivity index (χ4n) is 3.02. The average Bonchev–Trinajstić information content (AvgIpc) is 3.20. The summed E-state index contributed by atoms with van der Waals surface area (Å²) in [5, 5.41) is 5.24. The summed E-state index contributed by atoms with van der Waals surface area (Å²) in [6.07, 6.45) is 9.20.